The zero-order valence-electron chi connectivity index (χ0n) is 12.7. The van der Waals surface area contributed by atoms with Gasteiger partial charge in [-0.05, 0) is 35.6 Å². The van der Waals surface area contributed by atoms with Gasteiger partial charge in [0.2, 0.25) is 0 Å². The second-order valence-corrected chi connectivity index (χ2v) is 12.2. The predicted octanol–water partition coefficient (Wildman–Crippen LogP) is 5.45. The van der Waals surface area contributed by atoms with E-state index in [0.29, 0.717) is 0 Å². The van der Waals surface area contributed by atoms with Gasteiger partial charge >= 0.3 is 0 Å². The van der Waals surface area contributed by atoms with Gasteiger partial charge in [0.15, 0.2) is 0 Å². The van der Waals surface area contributed by atoms with Crippen molar-refractivity contribution in [3.8, 4) is 11.3 Å². The summed E-state index contributed by atoms with van der Waals surface area (Å²) in [5, 5.41) is 3.32. The minimum atomic E-state index is -1.39. The Labute approximate surface area is 131 Å². The third-order valence-corrected chi connectivity index (χ3v) is 6.30. The Kier molecular flexibility index (Phi) is 3.87. The first-order valence-electron chi connectivity index (χ1n) is 7.26. The van der Waals surface area contributed by atoms with Crippen molar-refractivity contribution in [2.45, 2.75) is 26.1 Å². The van der Waals surface area contributed by atoms with Crippen molar-refractivity contribution < 1.29 is 4.42 Å². The fraction of sp³-hybridized carbons (Fsp3) is 0.222. The molecule has 0 saturated heterocycles. The first-order valence-corrected chi connectivity index (χ1v) is 11.6. The average molecular weight is 313 g/mol. The third-order valence-electron chi connectivity index (χ3n) is 3.56. The molecule has 0 spiro atoms. The van der Waals surface area contributed by atoms with Crippen LogP contribution in [0.3, 0.4) is 0 Å². The number of furan rings is 1. The van der Waals surface area contributed by atoms with Crippen molar-refractivity contribution in [2.75, 3.05) is 0 Å². The van der Waals surface area contributed by atoms with E-state index in [1.165, 1.54) is 21.4 Å². The van der Waals surface area contributed by atoms with Crippen molar-refractivity contribution in [1.82, 2.24) is 0 Å². The summed E-state index contributed by atoms with van der Waals surface area (Å²) in [5.41, 5.74) is 2.58. The van der Waals surface area contributed by atoms with Crippen LogP contribution in [0.25, 0.3) is 16.9 Å². The minimum absolute atomic E-state index is 0.974. The van der Waals surface area contributed by atoms with E-state index in [2.05, 4.69) is 73.6 Å². The Balaban J connectivity index is 1.99. The zero-order chi connectivity index (χ0) is 14.9. The molecule has 0 fully saturated rings. The van der Waals surface area contributed by atoms with Gasteiger partial charge in [-0.3, -0.25) is 0 Å². The molecule has 0 aliphatic heterocycles. The molecule has 0 atom stereocenters. The van der Waals surface area contributed by atoms with E-state index >= 15 is 0 Å². The van der Waals surface area contributed by atoms with Crippen molar-refractivity contribution in [3.05, 3.63) is 58.8 Å². The van der Waals surface area contributed by atoms with Crippen molar-refractivity contribution in [3.63, 3.8) is 0 Å². The third kappa shape index (κ3) is 3.04. The lowest BCUT2D eigenvalue weighted by atomic mass is 10.1. The summed E-state index contributed by atoms with van der Waals surface area (Å²) < 4.78 is 6.16. The summed E-state index contributed by atoms with van der Waals surface area (Å²) in [6, 6.07) is 6.46. The Morgan fingerprint density at radius 1 is 1.05 bits per heavy atom. The second kappa shape index (κ2) is 5.66. The van der Waals surface area contributed by atoms with Crippen LogP contribution in [-0.2, 0) is 0 Å². The average Bonchev–Trinajstić information content (AvgIpc) is 3.01. The van der Waals surface area contributed by atoms with Crippen LogP contribution in [0.1, 0.15) is 11.3 Å². The van der Waals surface area contributed by atoms with Gasteiger partial charge in [0.05, 0.1) is 5.38 Å². The number of allylic oxidation sites excluding steroid dienone is 6. The summed E-state index contributed by atoms with van der Waals surface area (Å²) in [6.07, 6.45) is 11.7. The lowest BCUT2D eigenvalue weighted by Gasteiger charge is -2.11. The van der Waals surface area contributed by atoms with Crippen LogP contribution >= 0.6 is 11.3 Å². The molecule has 3 heteroatoms. The highest BCUT2D eigenvalue weighted by Crippen LogP contribution is 2.36. The fourth-order valence-corrected chi connectivity index (χ4v) is 4.32. The molecule has 2 aromatic rings. The number of rotatable bonds is 3. The lowest BCUT2D eigenvalue weighted by Crippen LogP contribution is -2.36. The summed E-state index contributed by atoms with van der Waals surface area (Å²) in [6.45, 7) is 6.94. The second-order valence-electron chi connectivity index (χ2n) is 6.29. The maximum absolute atomic E-state index is 6.16. The van der Waals surface area contributed by atoms with Crippen LogP contribution in [0, 0.1) is 0 Å². The molecule has 0 aromatic carbocycles. The molecule has 0 unspecified atom stereocenters. The van der Waals surface area contributed by atoms with E-state index in [4.69, 9.17) is 4.42 Å². The molecule has 0 radical (unpaired) electrons. The van der Waals surface area contributed by atoms with E-state index in [9.17, 15) is 0 Å². The topological polar surface area (TPSA) is 13.1 Å². The molecule has 1 aliphatic rings. The monoisotopic (exact) mass is 312 g/mol. The lowest BCUT2D eigenvalue weighted by molar-refractivity contribution is 0.613. The van der Waals surface area contributed by atoms with Crippen molar-refractivity contribution in [2.24, 2.45) is 0 Å². The Hall–Kier alpha value is -1.58. The maximum atomic E-state index is 6.16. The number of hydrogen-bond donors (Lipinski definition) is 0. The van der Waals surface area contributed by atoms with Gasteiger partial charge in [-0.15, -0.1) is 11.3 Å². The largest absolute Gasteiger partial charge is 0.466 e. The van der Waals surface area contributed by atoms with Gasteiger partial charge in [-0.25, -0.2) is 0 Å². The van der Waals surface area contributed by atoms with E-state index < -0.39 is 8.07 Å². The number of hydrogen-bond acceptors (Lipinski definition) is 2. The van der Waals surface area contributed by atoms with E-state index in [-0.39, 0.29) is 0 Å². The van der Waals surface area contributed by atoms with Gasteiger partial charge in [0.1, 0.15) is 13.8 Å². The first kappa shape index (κ1) is 14.4. The van der Waals surface area contributed by atoms with Gasteiger partial charge in [0.25, 0.3) is 0 Å². The van der Waals surface area contributed by atoms with Gasteiger partial charge in [-0.2, -0.15) is 0 Å². The molecular weight excluding hydrogens is 292 g/mol. The Bertz CT molecular complexity index is 722. The molecule has 2 aromatic heterocycles. The zero-order valence-corrected chi connectivity index (χ0v) is 14.5. The molecule has 2 heterocycles. The fourth-order valence-electron chi connectivity index (χ4n) is 2.38. The summed E-state index contributed by atoms with van der Waals surface area (Å²) in [7, 11) is -1.39. The highest BCUT2D eigenvalue weighted by molar-refractivity contribution is 7.11. The van der Waals surface area contributed by atoms with Crippen LogP contribution in [0.4, 0.5) is 0 Å². The highest BCUT2D eigenvalue weighted by atomic mass is 32.1. The van der Waals surface area contributed by atoms with E-state index in [1.54, 1.807) is 11.3 Å². The van der Waals surface area contributed by atoms with Crippen LogP contribution < -0.4 is 5.38 Å². The van der Waals surface area contributed by atoms with Crippen LogP contribution in [-0.4, -0.2) is 8.07 Å². The molecule has 21 heavy (non-hydrogen) atoms. The minimum Gasteiger partial charge on any atom is -0.466 e. The SMILES string of the molecule is C[Si](C)(C)c1ccc(-c2ccsc2C2=CC=CC=CC2)o1. The van der Waals surface area contributed by atoms with Crippen molar-refractivity contribution in [1.29, 1.82) is 0 Å². The molecule has 0 bridgehead atoms. The van der Waals surface area contributed by atoms with Gasteiger partial charge in [-0.1, -0.05) is 50.0 Å². The first-order chi connectivity index (χ1) is 10.1. The molecule has 3 rings (SSSR count). The van der Waals surface area contributed by atoms with Gasteiger partial charge in [0, 0.05) is 10.4 Å². The summed E-state index contributed by atoms with van der Waals surface area (Å²) in [5.74, 6) is 1.00. The van der Waals surface area contributed by atoms with Crippen molar-refractivity contribution >= 4 is 30.4 Å². The molecule has 0 N–H and O–H groups in total. The Morgan fingerprint density at radius 2 is 1.90 bits per heavy atom. The highest BCUT2D eigenvalue weighted by Gasteiger charge is 2.22. The molecule has 0 saturated carbocycles. The molecular formula is C18H20OSSi. The Morgan fingerprint density at radius 3 is 2.67 bits per heavy atom. The van der Waals surface area contributed by atoms with Crippen LogP contribution in [0.5, 0.6) is 0 Å². The molecule has 1 nitrogen and oxygen atoms in total. The van der Waals surface area contributed by atoms with E-state index in [0.717, 1.165) is 12.2 Å². The predicted molar refractivity (Wildman–Crippen MR) is 95.9 cm³/mol. The standard InChI is InChI=1S/C18H20OSSi/c1-21(2,3)17-11-10-16(19-17)15-12-13-20-18(15)14-8-6-4-5-7-9-14/h4-8,10-13H,9H2,1-3H3. The quantitative estimate of drug-likeness (QED) is 0.687. The number of thiophene rings is 1. The summed E-state index contributed by atoms with van der Waals surface area (Å²) >= 11 is 1.79. The van der Waals surface area contributed by atoms with Crippen LogP contribution in [0.15, 0.2) is 58.4 Å². The van der Waals surface area contributed by atoms with Crippen LogP contribution in [0.2, 0.25) is 19.6 Å². The van der Waals surface area contributed by atoms with E-state index in [1.807, 2.05) is 0 Å². The normalized spacial score (nSPS) is 15.1. The van der Waals surface area contributed by atoms with Gasteiger partial charge < -0.3 is 4.42 Å². The summed E-state index contributed by atoms with van der Waals surface area (Å²) in [4.78, 5) is 1.32. The molecule has 0 amide bonds. The maximum Gasteiger partial charge on any atom is 0.135 e. The molecule has 1 aliphatic carbocycles. The smallest absolute Gasteiger partial charge is 0.135 e. The molecule has 108 valence electrons.